The fraction of sp³-hybridized carbons (Fsp3) is 0.195. The smallest absolute Gasteiger partial charge is 0.315 e. The summed E-state index contributed by atoms with van der Waals surface area (Å²) in [5, 5.41) is 24.4. The lowest BCUT2D eigenvalue weighted by Crippen LogP contribution is -2.35. The third kappa shape index (κ3) is 13.6. The number of para-hydroxylation sites is 1. The second-order valence-corrected chi connectivity index (χ2v) is 13.1. The zero-order chi connectivity index (χ0) is 43.7. The van der Waals surface area contributed by atoms with Gasteiger partial charge in [0.25, 0.3) is 5.91 Å². The molecule has 0 bridgehead atoms. The average molecular weight is 830 g/mol. The molecule has 0 radical (unpaired) electrons. The van der Waals surface area contributed by atoms with E-state index in [0.29, 0.717) is 30.5 Å². The molecule has 2 heterocycles. The maximum atomic E-state index is 13.2. The predicted molar refractivity (Wildman–Crippen MR) is 226 cm³/mol. The number of hydrogen-bond donors (Lipinski definition) is 7. The van der Waals surface area contributed by atoms with Gasteiger partial charge >= 0.3 is 11.9 Å². The van der Waals surface area contributed by atoms with Crippen molar-refractivity contribution in [2.45, 2.75) is 38.6 Å². The fourth-order valence-corrected chi connectivity index (χ4v) is 5.30. The molecule has 0 aliphatic heterocycles. The largest absolute Gasteiger partial charge is 0.424 e. The molecule has 61 heavy (non-hydrogen) atoms. The van der Waals surface area contributed by atoms with E-state index < -0.39 is 35.7 Å². The molecule has 11 N–H and O–H groups in total. The van der Waals surface area contributed by atoms with Gasteiger partial charge in [0.1, 0.15) is 34.4 Å². The number of nitrogens with two attached hydrogens (primary N) is 4. The number of nitrogens with one attached hydrogen (secondary N) is 3. The van der Waals surface area contributed by atoms with Gasteiger partial charge in [0, 0.05) is 12.5 Å². The second-order valence-electron chi connectivity index (χ2n) is 13.1. The Kier molecular flexibility index (Phi) is 15.7. The molecule has 1 atom stereocenters. The molecule has 3 aromatic carbocycles. The van der Waals surface area contributed by atoms with E-state index in [-0.39, 0.29) is 70.5 Å². The van der Waals surface area contributed by atoms with Crippen molar-refractivity contribution in [2.75, 3.05) is 35.2 Å². The molecule has 0 aliphatic carbocycles. The predicted octanol–water partition coefficient (Wildman–Crippen LogP) is 5.31. The van der Waals surface area contributed by atoms with Gasteiger partial charge in [-0.25, -0.2) is 9.97 Å². The molecule has 20 heteroatoms. The number of ether oxygens (including phenoxy) is 2. The first-order valence-electron chi connectivity index (χ1n) is 18.8. The van der Waals surface area contributed by atoms with Crippen LogP contribution < -0.4 is 48.4 Å². The Morgan fingerprint density at radius 2 is 1.30 bits per heavy atom. The highest BCUT2D eigenvalue weighted by Gasteiger charge is 2.17. The van der Waals surface area contributed by atoms with Crippen molar-refractivity contribution in [3.8, 4) is 11.5 Å². The van der Waals surface area contributed by atoms with Crippen molar-refractivity contribution in [3.05, 3.63) is 108 Å². The standard InChI is InChI=1S/C41H43N13O7/c1-24(55)60-33-17-14-25(21-31(33)54-53-30-16-19-35(49-39(30)45)50-41(59)27(43)11-7-8-20-42)22-37(57)61-32-13-6-5-12-28(32)51-52-29-15-18-34(48-38(29)44)47-36(56)23-46-40(58)26-9-3-2-4-10-26/h2-6,9-10,12-19,21,27H,7-8,11,20,22-23,42-43H2,1H3,(H,46,58)(H3,44,47,48,56)(H3,45,49,50,59)/b52-51+,54-53+/t27-/m0/s1. The summed E-state index contributed by atoms with van der Waals surface area (Å²) in [6.45, 7) is 1.44. The van der Waals surface area contributed by atoms with Crippen molar-refractivity contribution in [1.82, 2.24) is 15.3 Å². The van der Waals surface area contributed by atoms with E-state index in [4.69, 9.17) is 32.4 Å². The topological polar surface area (TPSA) is 319 Å². The summed E-state index contributed by atoms with van der Waals surface area (Å²) in [4.78, 5) is 70.4. The number of esters is 2. The summed E-state index contributed by atoms with van der Waals surface area (Å²) in [6, 6.07) is 24.5. The molecule has 3 amide bonds. The van der Waals surface area contributed by atoms with E-state index in [1.165, 1.54) is 49.4 Å². The first kappa shape index (κ1) is 44.1. The molecular formula is C41H43N13O7. The third-order valence-electron chi connectivity index (χ3n) is 8.32. The Bertz CT molecular complexity index is 2450. The van der Waals surface area contributed by atoms with Crippen LogP contribution in [0.5, 0.6) is 11.5 Å². The monoisotopic (exact) mass is 829 g/mol. The summed E-state index contributed by atoms with van der Waals surface area (Å²) in [5.74, 6) is -2.28. The number of azo groups is 2. The highest BCUT2D eigenvalue weighted by molar-refractivity contribution is 5.99. The minimum atomic E-state index is -0.745. The molecule has 314 valence electrons. The Balaban J connectivity index is 1.21. The van der Waals surface area contributed by atoms with Crippen LogP contribution in [0.2, 0.25) is 0 Å². The van der Waals surface area contributed by atoms with Gasteiger partial charge in [-0.3, -0.25) is 24.0 Å². The lowest BCUT2D eigenvalue weighted by molar-refractivity contribution is -0.134. The number of benzene rings is 3. The highest BCUT2D eigenvalue weighted by Crippen LogP contribution is 2.34. The third-order valence-corrected chi connectivity index (χ3v) is 8.32. The van der Waals surface area contributed by atoms with E-state index in [2.05, 4.69) is 46.4 Å². The molecule has 0 fully saturated rings. The summed E-state index contributed by atoms with van der Waals surface area (Å²) < 4.78 is 10.9. The zero-order valence-electron chi connectivity index (χ0n) is 32.9. The number of amides is 3. The first-order chi connectivity index (χ1) is 29.4. The van der Waals surface area contributed by atoms with Crippen molar-refractivity contribution in [1.29, 1.82) is 0 Å². The molecule has 0 aliphatic rings. The van der Waals surface area contributed by atoms with Gasteiger partial charge in [0.15, 0.2) is 23.1 Å². The van der Waals surface area contributed by atoms with E-state index >= 15 is 0 Å². The molecule has 0 spiro atoms. The molecular weight excluding hydrogens is 787 g/mol. The summed E-state index contributed by atoms with van der Waals surface area (Å²) in [7, 11) is 0. The SMILES string of the molecule is CC(=O)Oc1ccc(CC(=O)Oc2ccccc2/N=N/c2ccc(NC(=O)CNC(=O)c3ccccc3)nc2N)cc1/N=N/c1ccc(NC(=O)[C@@H](N)CCCCN)nc1N. The first-order valence-corrected chi connectivity index (χ1v) is 18.8. The Labute approximate surface area is 349 Å². The zero-order valence-corrected chi connectivity index (χ0v) is 32.9. The van der Waals surface area contributed by atoms with Gasteiger partial charge in [-0.1, -0.05) is 42.8 Å². The highest BCUT2D eigenvalue weighted by atomic mass is 16.5. The molecule has 2 aromatic heterocycles. The molecule has 5 rings (SSSR count). The number of nitrogen functional groups attached to an aromatic ring is 2. The molecule has 0 saturated carbocycles. The van der Waals surface area contributed by atoms with Crippen molar-refractivity contribution < 1.29 is 33.4 Å². The van der Waals surface area contributed by atoms with Crippen LogP contribution in [0.3, 0.4) is 0 Å². The van der Waals surface area contributed by atoms with E-state index in [1.54, 1.807) is 54.6 Å². The minimum Gasteiger partial charge on any atom is -0.424 e. The van der Waals surface area contributed by atoms with E-state index in [0.717, 1.165) is 6.42 Å². The van der Waals surface area contributed by atoms with E-state index in [9.17, 15) is 24.0 Å². The van der Waals surface area contributed by atoms with Crippen molar-refractivity contribution in [3.63, 3.8) is 0 Å². The number of unbranched alkanes of at least 4 members (excludes halogenated alkanes) is 1. The lowest BCUT2D eigenvalue weighted by atomic mass is 10.1. The van der Waals surface area contributed by atoms with E-state index in [1.807, 2.05) is 0 Å². The quantitative estimate of drug-likeness (QED) is 0.0255. The van der Waals surface area contributed by atoms with Crippen LogP contribution >= 0.6 is 0 Å². The van der Waals surface area contributed by atoms with Crippen LogP contribution in [0, 0.1) is 0 Å². The maximum Gasteiger partial charge on any atom is 0.315 e. The number of aromatic nitrogens is 2. The summed E-state index contributed by atoms with van der Waals surface area (Å²) in [6.07, 6.45) is 1.68. The van der Waals surface area contributed by atoms with Gasteiger partial charge < -0.3 is 48.4 Å². The maximum absolute atomic E-state index is 13.2. The number of hydrogen-bond acceptors (Lipinski definition) is 17. The number of rotatable bonds is 18. The summed E-state index contributed by atoms with van der Waals surface area (Å²) in [5.41, 5.74) is 25.1. The van der Waals surface area contributed by atoms with Crippen LogP contribution in [0.4, 0.5) is 46.0 Å². The normalized spacial score (nSPS) is 11.5. The van der Waals surface area contributed by atoms with Crippen molar-refractivity contribution >= 4 is 75.7 Å². The Morgan fingerprint density at radius 1 is 0.689 bits per heavy atom. The molecule has 0 unspecified atom stereocenters. The molecule has 20 nitrogen and oxygen atoms in total. The fourth-order valence-electron chi connectivity index (χ4n) is 5.30. The van der Waals surface area contributed by atoms with Crippen LogP contribution in [0.1, 0.15) is 42.1 Å². The van der Waals surface area contributed by atoms with Gasteiger partial charge in [-0.05, 0) is 85.6 Å². The number of carbonyl (C=O) groups excluding carboxylic acids is 5. The number of nitrogens with zero attached hydrogens (tertiary/aromatic N) is 6. The number of pyridine rings is 2. The average Bonchev–Trinajstić information content (AvgIpc) is 3.23. The molecule has 0 saturated heterocycles. The lowest BCUT2D eigenvalue weighted by Gasteiger charge is -2.12. The van der Waals surface area contributed by atoms with Crippen LogP contribution in [-0.2, 0) is 25.6 Å². The molecule has 5 aromatic rings. The number of carbonyl (C=O) groups is 5. The van der Waals surface area contributed by atoms with Gasteiger partial charge in [-0.2, -0.15) is 0 Å². The van der Waals surface area contributed by atoms with Crippen LogP contribution in [-0.4, -0.2) is 58.8 Å². The second kappa shape index (κ2) is 21.7. The Hall–Kier alpha value is -7.97. The van der Waals surface area contributed by atoms with Gasteiger partial charge in [-0.15, -0.1) is 20.5 Å². The summed E-state index contributed by atoms with van der Waals surface area (Å²) >= 11 is 0. The number of anilines is 4. The minimum absolute atomic E-state index is 0.0505. The van der Waals surface area contributed by atoms with Crippen LogP contribution in [0.25, 0.3) is 0 Å². The Morgan fingerprint density at radius 3 is 1.95 bits per heavy atom. The van der Waals surface area contributed by atoms with Crippen molar-refractivity contribution in [2.24, 2.45) is 31.9 Å². The van der Waals surface area contributed by atoms with Gasteiger partial charge in [0.05, 0.1) is 19.0 Å². The van der Waals surface area contributed by atoms with Crippen LogP contribution in [0.15, 0.2) is 118 Å². The van der Waals surface area contributed by atoms with Gasteiger partial charge in [0.2, 0.25) is 11.8 Å².